The molecule has 0 radical (unpaired) electrons. The molecule has 1 unspecified atom stereocenters. The van der Waals surface area contributed by atoms with E-state index in [1.165, 1.54) is 14.2 Å². The number of aryl methyl sites for hydroxylation is 1. The molecule has 1 N–H and O–H groups in total. The van der Waals surface area contributed by atoms with Crippen molar-refractivity contribution in [2.45, 2.75) is 26.2 Å². The number of ether oxygens (including phenoxy) is 1. The molecule has 4 rings (SSSR count). The molecule has 1 aliphatic heterocycles. The average molecular weight is 456 g/mol. The van der Waals surface area contributed by atoms with E-state index in [-0.39, 0.29) is 28.8 Å². The third-order valence-electron chi connectivity index (χ3n) is 6.08. The van der Waals surface area contributed by atoms with Gasteiger partial charge in [0.1, 0.15) is 17.3 Å². The Morgan fingerprint density at radius 3 is 2.64 bits per heavy atom. The minimum atomic E-state index is -0.852. The fourth-order valence-electron chi connectivity index (χ4n) is 4.47. The summed E-state index contributed by atoms with van der Waals surface area (Å²) in [6.45, 7) is 3.03. The fourth-order valence-corrected chi connectivity index (χ4v) is 4.47. The number of nitrogens with zero attached hydrogens (tertiary/aromatic N) is 3. The van der Waals surface area contributed by atoms with E-state index in [9.17, 15) is 9.59 Å². The number of hydrogen-bond donors (Lipinski definition) is 1. The molecule has 1 aliphatic rings. The molecule has 1 saturated heterocycles. The van der Waals surface area contributed by atoms with Crippen LogP contribution in [0.5, 0.6) is 0 Å². The second-order valence-corrected chi connectivity index (χ2v) is 8.36. The van der Waals surface area contributed by atoms with Crippen molar-refractivity contribution in [3.05, 3.63) is 58.9 Å². The highest BCUT2D eigenvalue weighted by Crippen LogP contribution is 2.33. The highest BCUT2D eigenvalue weighted by molar-refractivity contribution is 5.94. The third kappa shape index (κ3) is 4.40. The normalized spacial score (nSPS) is 16.2. The number of fused-ring (bicyclic) bond motifs is 1. The summed E-state index contributed by atoms with van der Waals surface area (Å²) in [5, 5.41) is 2.37. The van der Waals surface area contributed by atoms with Gasteiger partial charge in [0, 0.05) is 31.9 Å². The smallest absolute Gasteiger partial charge is 0.409 e. The largest absolute Gasteiger partial charge is 0.453 e. The molecule has 1 fully saturated rings. The molecular weight excluding hydrogens is 430 g/mol. The van der Waals surface area contributed by atoms with E-state index in [4.69, 9.17) is 4.74 Å². The van der Waals surface area contributed by atoms with Crippen molar-refractivity contribution in [3.63, 3.8) is 0 Å². The number of methoxy groups -OCH3 is 1. The minimum absolute atomic E-state index is 0.0778. The average Bonchev–Trinajstić information content (AvgIpc) is 3.14. The van der Waals surface area contributed by atoms with Gasteiger partial charge < -0.3 is 19.4 Å². The van der Waals surface area contributed by atoms with E-state index in [0.717, 1.165) is 30.5 Å². The summed E-state index contributed by atoms with van der Waals surface area (Å²) >= 11 is 0. The first-order valence-electron chi connectivity index (χ1n) is 10.8. The van der Waals surface area contributed by atoms with Gasteiger partial charge in [-0.15, -0.1) is 0 Å². The standard InChI is InChI=1S/C24H26F2N4O3/c1-14-6-8-30-19(10-15-5-4-7-29(13-15)24(32)33-3)22(28-20(30)9-14)21-17(25)11-16(12-18(21)26)23(31)27-2/h6,8-9,11-12,15H,4-5,7,10,13H2,1-3H3,(H,27,31). The molecule has 174 valence electrons. The summed E-state index contributed by atoms with van der Waals surface area (Å²) in [7, 11) is 2.75. The van der Waals surface area contributed by atoms with Crippen LogP contribution in [0, 0.1) is 24.5 Å². The second-order valence-electron chi connectivity index (χ2n) is 8.36. The van der Waals surface area contributed by atoms with Crippen LogP contribution in [0.1, 0.15) is 34.5 Å². The summed E-state index contributed by atoms with van der Waals surface area (Å²) in [6, 6.07) is 5.81. The number of halogens is 2. The number of pyridine rings is 1. The molecule has 0 aliphatic carbocycles. The number of hydrogen-bond acceptors (Lipinski definition) is 4. The summed E-state index contributed by atoms with van der Waals surface area (Å²) < 4.78 is 37.0. The van der Waals surface area contributed by atoms with Crippen LogP contribution < -0.4 is 5.32 Å². The van der Waals surface area contributed by atoms with E-state index >= 15 is 8.78 Å². The molecule has 2 amide bonds. The zero-order valence-electron chi connectivity index (χ0n) is 18.8. The molecule has 2 aromatic heterocycles. The number of nitrogens with one attached hydrogen (secondary N) is 1. The highest BCUT2D eigenvalue weighted by atomic mass is 19.1. The molecule has 3 heterocycles. The van der Waals surface area contributed by atoms with Crippen LogP contribution in [0.25, 0.3) is 16.9 Å². The maximum atomic E-state index is 15.1. The Morgan fingerprint density at radius 2 is 1.97 bits per heavy atom. The van der Waals surface area contributed by atoms with Gasteiger partial charge in [-0.05, 0) is 61.9 Å². The number of rotatable bonds is 4. The quantitative estimate of drug-likeness (QED) is 0.645. The van der Waals surface area contributed by atoms with Gasteiger partial charge in [-0.2, -0.15) is 0 Å². The molecule has 0 saturated carbocycles. The van der Waals surface area contributed by atoms with Gasteiger partial charge in [-0.1, -0.05) is 0 Å². The van der Waals surface area contributed by atoms with Crippen LogP contribution in [0.3, 0.4) is 0 Å². The lowest BCUT2D eigenvalue weighted by Gasteiger charge is -2.31. The zero-order chi connectivity index (χ0) is 23.7. The molecule has 0 spiro atoms. The Bertz CT molecular complexity index is 1200. The van der Waals surface area contributed by atoms with Crippen LogP contribution in [-0.4, -0.2) is 53.5 Å². The SMILES string of the molecule is CNC(=O)c1cc(F)c(-c2nc3cc(C)ccn3c2CC2CCCN(C(=O)OC)C2)c(F)c1. The molecule has 9 heteroatoms. The van der Waals surface area contributed by atoms with Gasteiger partial charge in [-0.25, -0.2) is 18.6 Å². The van der Waals surface area contributed by atoms with Gasteiger partial charge in [0.15, 0.2) is 0 Å². The van der Waals surface area contributed by atoms with E-state index in [1.54, 1.807) is 4.90 Å². The molecule has 7 nitrogen and oxygen atoms in total. The van der Waals surface area contributed by atoms with Crippen molar-refractivity contribution in [2.75, 3.05) is 27.2 Å². The maximum absolute atomic E-state index is 15.1. The van der Waals surface area contributed by atoms with Crippen molar-refractivity contribution in [1.82, 2.24) is 19.6 Å². The first-order valence-corrected chi connectivity index (χ1v) is 10.8. The van der Waals surface area contributed by atoms with Crippen LogP contribution >= 0.6 is 0 Å². The lowest BCUT2D eigenvalue weighted by Crippen LogP contribution is -2.40. The number of piperidine rings is 1. The van der Waals surface area contributed by atoms with E-state index in [1.807, 2.05) is 29.7 Å². The van der Waals surface area contributed by atoms with Crippen LogP contribution in [0.4, 0.5) is 13.6 Å². The zero-order valence-corrected chi connectivity index (χ0v) is 18.8. The van der Waals surface area contributed by atoms with Crippen molar-refractivity contribution in [3.8, 4) is 11.3 Å². The summed E-state index contributed by atoms with van der Waals surface area (Å²) in [5.41, 5.74) is 2.05. The lowest BCUT2D eigenvalue weighted by atomic mass is 9.92. The van der Waals surface area contributed by atoms with Crippen LogP contribution in [0.2, 0.25) is 0 Å². The van der Waals surface area contributed by atoms with Crippen molar-refractivity contribution >= 4 is 17.6 Å². The second kappa shape index (κ2) is 9.17. The van der Waals surface area contributed by atoms with Crippen LogP contribution in [-0.2, 0) is 11.2 Å². The third-order valence-corrected chi connectivity index (χ3v) is 6.08. The summed E-state index contributed by atoms with van der Waals surface area (Å²) in [4.78, 5) is 30.1. The van der Waals surface area contributed by atoms with E-state index < -0.39 is 17.5 Å². The molecule has 3 aromatic rings. The first kappa shape index (κ1) is 22.7. The van der Waals surface area contributed by atoms with Gasteiger partial charge in [-0.3, -0.25) is 4.79 Å². The van der Waals surface area contributed by atoms with Gasteiger partial charge in [0.05, 0.1) is 24.1 Å². The molecule has 1 atom stereocenters. The molecule has 0 bridgehead atoms. The number of imidazole rings is 1. The topological polar surface area (TPSA) is 75.9 Å². The number of likely N-dealkylation sites (tertiary alicyclic amines) is 1. The van der Waals surface area contributed by atoms with Gasteiger partial charge in [0.2, 0.25) is 0 Å². The number of amides is 2. The molecule has 33 heavy (non-hydrogen) atoms. The lowest BCUT2D eigenvalue weighted by molar-refractivity contribution is 0.0961. The summed E-state index contributed by atoms with van der Waals surface area (Å²) in [6.07, 6.45) is 3.62. The number of carbonyl (C=O) groups excluding carboxylic acids is 2. The number of benzene rings is 1. The minimum Gasteiger partial charge on any atom is -0.453 e. The highest BCUT2D eigenvalue weighted by Gasteiger charge is 2.28. The fraction of sp³-hybridized carbons (Fsp3) is 0.375. The molecule has 1 aromatic carbocycles. The van der Waals surface area contributed by atoms with E-state index in [2.05, 4.69) is 10.3 Å². The van der Waals surface area contributed by atoms with Gasteiger partial charge >= 0.3 is 6.09 Å². The predicted octanol–water partition coefficient (Wildman–Crippen LogP) is 3.97. The van der Waals surface area contributed by atoms with Crippen molar-refractivity contribution in [1.29, 1.82) is 0 Å². The van der Waals surface area contributed by atoms with Crippen molar-refractivity contribution < 1.29 is 23.1 Å². The Labute approximate surface area is 190 Å². The van der Waals surface area contributed by atoms with E-state index in [0.29, 0.717) is 30.9 Å². The Morgan fingerprint density at radius 1 is 1.24 bits per heavy atom. The Balaban J connectivity index is 1.79. The number of carbonyl (C=O) groups is 2. The molecular formula is C24H26F2N4O3. The van der Waals surface area contributed by atoms with Crippen LogP contribution in [0.15, 0.2) is 30.5 Å². The summed E-state index contributed by atoms with van der Waals surface area (Å²) in [5.74, 6) is -2.20. The Kier molecular flexibility index (Phi) is 6.31. The first-order chi connectivity index (χ1) is 15.8. The van der Waals surface area contributed by atoms with Crippen molar-refractivity contribution in [2.24, 2.45) is 5.92 Å². The Hall–Kier alpha value is -3.49. The number of aromatic nitrogens is 2. The predicted molar refractivity (Wildman–Crippen MR) is 119 cm³/mol. The monoisotopic (exact) mass is 456 g/mol. The maximum Gasteiger partial charge on any atom is 0.409 e. The van der Waals surface area contributed by atoms with Gasteiger partial charge in [0.25, 0.3) is 5.91 Å².